The van der Waals surface area contributed by atoms with Crippen molar-refractivity contribution in [2.45, 2.75) is 51.6 Å². The molecule has 6 heteroatoms. The van der Waals surface area contributed by atoms with Gasteiger partial charge in [0.1, 0.15) is 22.9 Å². The molecule has 0 bridgehead atoms. The summed E-state index contributed by atoms with van der Waals surface area (Å²) >= 11 is 0. The molecule has 148 valence electrons. The molecule has 0 heterocycles. The molecule has 0 fully saturated rings. The molecular weight excluding hydrogens is 360 g/mol. The second-order valence-electron chi connectivity index (χ2n) is 6.46. The highest BCUT2D eigenvalue weighted by atomic mass is 19.4. The van der Waals surface area contributed by atoms with Crippen molar-refractivity contribution < 1.29 is 27.4 Å². The minimum Gasteiger partial charge on any atom is -0.507 e. The summed E-state index contributed by atoms with van der Waals surface area (Å²) < 4.78 is 58.7. The van der Waals surface area contributed by atoms with Gasteiger partial charge in [0.25, 0.3) is 0 Å². The van der Waals surface area contributed by atoms with Crippen LogP contribution in [0.3, 0.4) is 0 Å². The van der Waals surface area contributed by atoms with Crippen molar-refractivity contribution in [3.8, 4) is 22.6 Å². The van der Waals surface area contributed by atoms with E-state index >= 15 is 0 Å². The van der Waals surface area contributed by atoms with Gasteiger partial charge in [0.2, 0.25) is 0 Å². The standard InChI is InChI=1S/C21H24F4O2/c1-2-3-4-5-6-7-14-27-16-10-8-15(9-11-16)17-12-13-18(26)19(20(17)22)21(23,24)25/h8-13,26H,2-7,14H2,1H3. The van der Waals surface area contributed by atoms with Gasteiger partial charge in [-0.05, 0) is 36.2 Å². The molecule has 0 atom stereocenters. The Morgan fingerprint density at radius 3 is 2.15 bits per heavy atom. The minimum atomic E-state index is -4.97. The first-order chi connectivity index (χ1) is 12.8. The predicted octanol–water partition coefficient (Wildman–Crippen LogP) is 6.96. The number of benzene rings is 2. The number of ether oxygens (including phenoxy) is 1. The molecule has 0 unspecified atom stereocenters. The molecule has 0 radical (unpaired) electrons. The zero-order chi connectivity index (χ0) is 19.9. The van der Waals surface area contributed by atoms with Gasteiger partial charge in [0.15, 0.2) is 0 Å². The van der Waals surface area contributed by atoms with Gasteiger partial charge in [0, 0.05) is 5.56 Å². The van der Waals surface area contributed by atoms with Crippen molar-refractivity contribution in [3.05, 3.63) is 47.8 Å². The summed E-state index contributed by atoms with van der Waals surface area (Å²) in [5, 5.41) is 9.35. The fraction of sp³-hybridized carbons (Fsp3) is 0.429. The van der Waals surface area contributed by atoms with E-state index in [2.05, 4.69) is 6.92 Å². The third-order valence-corrected chi connectivity index (χ3v) is 4.34. The average molecular weight is 384 g/mol. The van der Waals surface area contributed by atoms with Crippen LogP contribution in [0.25, 0.3) is 11.1 Å². The topological polar surface area (TPSA) is 29.5 Å². The number of aromatic hydroxyl groups is 1. The highest BCUT2D eigenvalue weighted by Crippen LogP contribution is 2.41. The lowest BCUT2D eigenvalue weighted by Crippen LogP contribution is -2.09. The Labute approximate surface area is 156 Å². The van der Waals surface area contributed by atoms with E-state index in [0.29, 0.717) is 12.4 Å². The molecular formula is C21H24F4O2. The van der Waals surface area contributed by atoms with Crippen LogP contribution in [-0.4, -0.2) is 11.7 Å². The molecule has 2 nitrogen and oxygen atoms in total. The second-order valence-corrected chi connectivity index (χ2v) is 6.46. The van der Waals surface area contributed by atoms with E-state index < -0.39 is 23.3 Å². The summed E-state index contributed by atoms with van der Waals surface area (Å²) in [5.41, 5.74) is -1.59. The number of halogens is 4. The van der Waals surface area contributed by atoms with Crippen LogP contribution in [0.15, 0.2) is 36.4 Å². The van der Waals surface area contributed by atoms with Gasteiger partial charge in [-0.1, -0.05) is 51.2 Å². The van der Waals surface area contributed by atoms with Crippen LogP contribution >= 0.6 is 0 Å². The van der Waals surface area contributed by atoms with Gasteiger partial charge in [-0.3, -0.25) is 0 Å². The molecule has 0 spiro atoms. The lowest BCUT2D eigenvalue weighted by molar-refractivity contribution is -0.141. The second kappa shape index (κ2) is 9.62. The van der Waals surface area contributed by atoms with E-state index in [-0.39, 0.29) is 11.1 Å². The van der Waals surface area contributed by atoms with Crippen LogP contribution < -0.4 is 4.74 Å². The van der Waals surface area contributed by atoms with Gasteiger partial charge in [-0.2, -0.15) is 13.2 Å². The van der Waals surface area contributed by atoms with Gasteiger partial charge >= 0.3 is 6.18 Å². The highest BCUT2D eigenvalue weighted by molar-refractivity contribution is 5.67. The molecule has 0 amide bonds. The fourth-order valence-corrected chi connectivity index (χ4v) is 2.86. The van der Waals surface area contributed by atoms with Gasteiger partial charge < -0.3 is 9.84 Å². The molecule has 2 aromatic rings. The summed E-state index contributed by atoms with van der Waals surface area (Å²) in [4.78, 5) is 0. The van der Waals surface area contributed by atoms with E-state index in [1.165, 1.54) is 37.8 Å². The summed E-state index contributed by atoms with van der Waals surface area (Å²) in [5.74, 6) is -2.02. The molecule has 27 heavy (non-hydrogen) atoms. The molecule has 0 aromatic heterocycles. The van der Waals surface area contributed by atoms with Crippen molar-refractivity contribution in [2.75, 3.05) is 6.61 Å². The number of phenols is 1. The first kappa shape index (κ1) is 21.1. The minimum absolute atomic E-state index is 0.220. The Balaban J connectivity index is 2.00. The van der Waals surface area contributed by atoms with Crippen LogP contribution in [0.2, 0.25) is 0 Å². The maximum atomic E-state index is 14.3. The van der Waals surface area contributed by atoms with E-state index in [1.54, 1.807) is 12.1 Å². The van der Waals surface area contributed by atoms with E-state index in [9.17, 15) is 22.7 Å². The van der Waals surface area contributed by atoms with E-state index in [4.69, 9.17) is 4.74 Å². The number of hydrogen-bond acceptors (Lipinski definition) is 2. The molecule has 2 aromatic carbocycles. The third kappa shape index (κ3) is 5.88. The number of rotatable bonds is 9. The Kier molecular flexibility index (Phi) is 7.51. The summed E-state index contributed by atoms with van der Waals surface area (Å²) in [6.45, 7) is 2.73. The first-order valence-electron chi connectivity index (χ1n) is 9.16. The molecule has 0 aliphatic rings. The van der Waals surface area contributed by atoms with Crippen molar-refractivity contribution in [2.24, 2.45) is 0 Å². The number of hydrogen-bond donors (Lipinski definition) is 1. The molecule has 0 saturated heterocycles. The Morgan fingerprint density at radius 2 is 1.52 bits per heavy atom. The Bertz CT molecular complexity index is 724. The Hall–Kier alpha value is -2.24. The zero-order valence-corrected chi connectivity index (χ0v) is 15.3. The van der Waals surface area contributed by atoms with Crippen LogP contribution in [0, 0.1) is 5.82 Å². The largest absolute Gasteiger partial charge is 0.507 e. The lowest BCUT2D eigenvalue weighted by atomic mass is 10.0. The summed E-state index contributed by atoms with van der Waals surface area (Å²) in [6.07, 6.45) is 1.91. The molecule has 0 saturated carbocycles. The average Bonchev–Trinajstić information content (AvgIpc) is 2.61. The van der Waals surface area contributed by atoms with Crippen molar-refractivity contribution >= 4 is 0 Å². The number of unbranched alkanes of at least 4 members (excludes halogenated alkanes) is 5. The third-order valence-electron chi connectivity index (χ3n) is 4.34. The normalized spacial score (nSPS) is 11.6. The highest BCUT2D eigenvalue weighted by Gasteiger charge is 2.38. The molecule has 0 aliphatic heterocycles. The van der Waals surface area contributed by atoms with Crippen LogP contribution in [0.5, 0.6) is 11.5 Å². The van der Waals surface area contributed by atoms with Crippen LogP contribution in [0.4, 0.5) is 17.6 Å². The molecule has 2 rings (SSSR count). The Morgan fingerprint density at radius 1 is 0.889 bits per heavy atom. The maximum Gasteiger partial charge on any atom is 0.422 e. The predicted molar refractivity (Wildman–Crippen MR) is 97.4 cm³/mol. The number of phenolic OH excluding ortho intramolecular Hbond substituents is 1. The summed E-state index contributed by atoms with van der Waals surface area (Å²) in [6, 6.07) is 8.20. The van der Waals surface area contributed by atoms with Gasteiger partial charge in [-0.15, -0.1) is 0 Å². The number of alkyl halides is 3. The van der Waals surface area contributed by atoms with E-state index in [0.717, 1.165) is 25.0 Å². The summed E-state index contributed by atoms with van der Waals surface area (Å²) in [7, 11) is 0. The van der Waals surface area contributed by atoms with E-state index in [1.807, 2.05) is 0 Å². The smallest absolute Gasteiger partial charge is 0.422 e. The quantitative estimate of drug-likeness (QED) is 0.374. The van der Waals surface area contributed by atoms with Crippen LogP contribution in [-0.2, 0) is 6.18 Å². The monoisotopic (exact) mass is 384 g/mol. The molecule has 0 aliphatic carbocycles. The van der Waals surface area contributed by atoms with Crippen molar-refractivity contribution in [1.29, 1.82) is 0 Å². The molecule has 1 N–H and O–H groups in total. The fourth-order valence-electron chi connectivity index (χ4n) is 2.86. The van der Waals surface area contributed by atoms with Gasteiger partial charge in [-0.25, -0.2) is 4.39 Å². The first-order valence-corrected chi connectivity index (χ1v) is 9.16. The zero-order valence-electron chi connectivity index (χ0n) is 15.3. The van der Waals surface area contributed by atoms with Crippen LogP contribution in [0.1, 0.15) is 51.0 Å². The lowest BCUT2D eigenvalue weighted by Gasteiger charge is -2.13. The van der Waals surface area contributed by atoms with Crippen molar-refractivity contribution in [3.63, 3.8) is 0 Å². The van der Waals surface area contributed by atoms with Gasteiger partial charge in [0.05, 0.1) is 6.61 Å². The van der Waals surface area contributed by atoms with Crippen molar-refractivity contribution in [1.82, 2.24) is 0 Å². The maximum absolute atomic E-state index is 14.3. The SMILES string of the molecule is CCCCCCCCOc1ccc(-c2ccc(O)c(C(F)(F)F)c2F)cc1.